The molecule has 0 aromatic heterocycles. The lowest BCUT2D eigenvalue weighted by molar-refractivity contribution is -0.154. The van der Waals surface area contributed by atoms with E-state index in [-0.39, 0.29) is 32.3 Å². The van der Waals surface area contributed by atoms with Crippen LogP contribution in [0.15, 0.2) is 36.5 Å². The molecule has 348 valence electrons. The van der Waals surface area contributed by atoms with Crippen LogP contribution in [0.1, 0.15) is 239 Å². The van der Waals surface area contributed by atoms with E-state index in [1.54, 1.807) is 0 Å². The lowest BCUT2D eigenvalue weighted by atomic mass is 10.0. The smallest absolute Gasteiger partial charge is 0.457 e. The Bertz CT molecular complexity index is 1000. The number of phosphoric ester groups is 1. The fourth-order valence-corrected chi connectivity index (χ4v) is 7.89. The van der Waals surface area contributed by atoms with Crippen molar-refractivity contribution in [1.82, 2.24) is 0 Å². The first kappa shape index (κ1) is 57.7. The molecule has 59 heavy (non-hydrogen) atoms. The van der Waals surface area contributed by atoms with Crippen LogP contribution in [0, 0.1) is 0 Å². The van der Waals surface area contributed by atoms with E-state index in [0.29, 0.717) is 13.0 Å². The minimum atomic E-state index is -4.28. The van der Waals surface area contributed by atoms with Crippen LogP contribution < -0.4 is 5.73 Å². The number of nitrogens with two attached hydrogens (primary N) is 1. The van der Waals surface area contributed by atoms with Crippen LogP contribution in [0.2, 0.25) is 0 Å². The van der Waals surface area contributed by atoms with Crippen LogP contribution in [0.25, 0.3) is 0 Å². The molecule has 0 amide bonds. The number of ether oxygens (including phenoxy) is 2. The molecule has 0 aromatic rings. The van der Waals surface area contributed by atoms with Gasteiger partial charge < -0.3 is 20.1 Å². The van der Waals surface area contributed by atoms with Gasteiger partial charge in [0.1, 0.15) is 6.10 Å². The summed E-state index contributed by atoms with van der Waals surface area (Å²) in [6, 6.07) is 0. The molecule has 0 bridgehead atoms. The second-order valence-electron chi connectivity index (χ2n) is 16.7. The van der Waals surface area contributed by atoms with Crippen molar-refractivity contribution in [3.05, 3.63) is 36.5 Å². The molecule has 0 radical (unpaired) electrons. The summed E-state index contributed by atoms with van der Waals surface area (Å²) >= 11 is 0. The predicted octanol–water partition coefficient (Wildman–Crippen LogP) is 15.4. The Morgan fingerprint density at radius 3 is 1.37 bits per heavy atom. The van der Waals surface area contributed by atoms with Crippen LogP contribution in [0.5, 0.6) is 0 Å². The monoisotopic (exact) mass is 854 g/mol. The molecule has 2 atom stereocenters. The number of hydrogen-bond acceptors (Lipinski definition) is 7. The maximum atomic E-state index is 12.6. The Morgan fingerprint density at radius 2 is 0.898 bits per heavy atom. The van der Waals surface area contributed by atoms with Gasteiger partial charge in [-0.15, -0.1) is 0 Å². The number of carbonyl (C=O) groups is 1. The number of phosphoric acid groups is 1. The first-order valence-corrected chi connectivity index (χ1v) is 26.5. The zero-order valence-electron chi connectivity index (χ0n) is 38.7. The SMILES string of the molecule is CCCCC/C=C\C/C=C\C/C=C\CCCCCCCCCOCC(COP(=O)(O)OCCN)OC(=O)CCCCCCCCCCCCCCCCCCCCCC. The summed E-state index contributed by atoms with van der Waals surface area (Å²) in [5.74, 6) is -0.330. The highest BCUT2D eigenvalue weighted by Gasteiger charge is 2.25. The molecule has 0 aliphatic carbocycles. The molecule has 2 unspecified atom stereocenters. The van der Waals surface area contributed by atoms with Crippen LogP contribution >= 0.6 is 7.82 Å². The van der Waals surface area contributed by atoms with Gasteiger partial charge in [0, 0.05) is 19.6 Å². The highest BCUT2D eigenvalue weighted by atomic mass is 31.2. The maximum Gasteiger partial charge on any atom is 0.472 e. The number of esters is 1. The quantitative estimate of drug-likeness (QED) is 0.0269. The molecular formula is C50H96NO7P. The van der Waals surface area contributed by atoms with Crippen molar-refractivity contribution in [2.45, 2.75) is 245 Å². The minimum absolute atomic E-state index is 0.0964. The van der Waals surface area contributed by atoms with Gasteiger partial charge in [-0.25, -0.2) is 4.57 Å². The molecule has 0 saturated carbocycles. The van der Waals surface area contributed by atoms with Gasteiger partial charge in [-0.3, -0.25) is 13.8 Å². The first-order valence-electron chi connectivity index (χ1n) is 25.0. The van der Waals surface area contributed by atoms with Crippen molar-refractivity contribution in [2.24, 2.45) is 5.73 Å². The number of hydrogen-bond donors (Lipinski definition) is 2. The van der Waals surface area contributed by atoms with E-state index >= 15 is 0 Å². The normalized spacial score (nSPS) is 13.6. The second-order valence-corrected chi connectivity index (χ2v) is 18.1. The van der Waals surface area contributed by atoms with Gasteiger partial charge in [0.15, 0.2) is 0 Å². The van der Waals surface area contributed by atoms with Gasteiger partial charge in [0.25, 0.3) is 0 Å². The van der Waals surface area contributed by atoms with E-state index in [9.17, 15) is 14.3 Å². The number of carbonyl (C=O) groups excluding carboxylic acids is 1. The zero-order chi connectivity index (χ0) is 43.0. The molecule has 0 spiro atoms. The van der Waals surface area contributed by atoms with Gasteiger partial charge in [0.2, 0.25) is 0 Å². The summed E-state index contributed by atoms with van der Waals surface area (Å²) in [4.78, 5) is 22.6. The molecule has 0 rings (SSSR count). The van der Waals surface area contributed by atoms with Crippen molar-refractivity contribution in [3.63, 3.8) is 0 Å². The summed E-state index contributed by atoms with van der Waals surface area (Å²) in [7, 11) is -4.28. The average molecular weight is 854 g/mol. The summed E-state index contributed by atoms with van der Waals surface area (Å²) in [6.07, 6.45) is 56.0. The molecule has 9 heteroatoms. The highest BCUT2D eigenvalue weighted by molar-refractivity contribution is 7.47. The Balaban J connectivity index is 3.96. The Labute approximate surface area is 365 Å². The van der Waals surface area contributed by atoms with E-state index in [1.807, 2.05) is 0 Å². The van der Waals surface area contributed by atoms with Crippen LogP contribution in [0.4, 0.5) is 0 Å². The summed E-state index contributed by atoms with van der Waals surface area (Å²) in [5, 5.41) is 0. The van der Waals surface area contributed by atoms with Crippen LogP contribution in [-0.4, -0.2) is 49.9 Å². The van der Waals surface area contributed by atoms with E-state index in [4.69, 9.17) is 24.3 Å². The third-order valence-electron chi connectivity index (χ3n) is 10.8. The van der Waals surface area contributed by atoms with Gasteiger partial charge in [0.05, 0.1) is 19.8 Å². The molecule has 0 aliphatic heterocycles. The first-order chi connectivity index (χ1) is 28.9. The Hall–Kier alpha value is -1.28. The molecular weight excluding hydrogens is 758 g/mol. The summed E-state index contributed by atoms with van der Waals surface area (Å²) in [6.45, 7) is 4.91. The molecule has 0 saturated heterocycles. The number of allylic oxidation sites excluding steroid dienone is 6. The van der Waals surface area contributed by atoms with Crippen molar-refractivity contribution < 1.29 is 32.8 Å². The van der Waals surface area contributed by atoms with Crippen LogP contribution in [-0.2, 0) is 27.9 Å². The maximum absolute atomic E-state index is 12.6. The van der Waals surface area contributed by atoms with E-state index in [1.165, 1.54) is 167 Å². The van der Waals surface area contributed by atoms with E-state index in [0.717, 1.165) is 51.4 Å². The number of unbranched alkanes of at least 4 members (excludes halogenated alkanes) is 29. The Kier molecular flexibility index (Phi) is 46.7. The lowest BCUT2D eigenvalue weighted by Crippen LogP contribution is -2.28. The highest BCUT2D eigenvalue weighted by Crippen LogP contribution is 2.43. The van der Waals surface area contributed by atoms with E-state index < -0.39 is 13.9 Å². The molecule has 0 fully saturated rings. The molecule has 3 N–H and O–H groups in total. The van der Waals surface area contributed by atoms with Gasteiger partial charge in [-0.2, -0.15) is 0 Å². The Morgan fingerprint density at radius 1 is 0.508 bits per heavy atom. The van der Waals surface area contributed by atoms with Gasteiger partial charge in [-0.05, 0) is 51.4 Å². The standard InChI is InChI=1S/C50H96NO7P/c1-3-5-7-9-11-13-15-17-19-21-23-25-27-29-31-33-35-37-39-41-43-50(52)58-49(48-57-59(53,54)56-46-44-51)47-55-45-42-40-38-36-34-32-30-28-26-24-22-20-18-16-14-12-10-8-6-4-2/h12,14,18,20,24,26,49H,3-11,13,15-17,19,21-23,25,27-48,51H2,1-2H3,(H,53,54)/b14-12-,20-18-,26-24-. The zero-order valence-corrected chi connectivity index (χ0v) is 39.6. The topological polar surface area (TPSA) is 117 Å². The largest absolute Gasteiger partial charge is 0.472 e. The second kappa shape index (κ2) is 47.8. The molecule has 8 nitrogen and oxygen atoms in total. The summed E-state index contributed by atoms with van der Waals surface area (Å²) < 4.78 is 33.6. The minimum Gasteiger partial charge on any atom is -0.457 e. The lowest BCUT2D eigenvalue weighted by Gasteiger charge is -2.20. The van der Waals surface area contributed by atoms with Crippen molar-refractivity contribution in [3.8, 4) is 0 Å². The molecule has 0 aromatic carbocycles. The molecule has 0 heterocycles. The van der Waals surface area contributed by atoms with Crippen LogP contribution in [0.3, 0.4) is 0 Å². The van der Waals surface area contributed by atoms with Gasteiger partial charge >= 0.3 is 13.8 Å². The van der Waals surface area contributed by atoms with Crippen molar-refractivity contribution in [2.75, 3.05) is 33.0 Å². The third kappa shape index (κ3) is 47.6. The van der Waals surface area contributed by atoms with Gasteiger partial charge in [-0.1, -0.05) is 217 Å². The van der Waals surface area contributed by atoms with Crippen molar-refractivity contribution >= 4 is 13.8 Å². The third-order valence-corrected chi connectivity index (χ3v) is 11.8. The fourth-order valence-electron chi connectivity index (χ4n) is 7.12. The van der Waals surface area contributed by atoms with Crippen molar-refractivity contribution in [1.29, 1.82) is 0 Å². The average Bonchev–Trinajstić information content (AvgIpc) is 3.23. The fraction of sp³-hybridized carbons (Fsp3) is 0.860. The summed E-state index contributed by atoms with van der Waals surface area (Å²) in [5.41, 5.74) is 5.39. The van der Waals surface area contributed by atoms with E-state index in [2.05, 4.69) is 50.3 Å². The predicted molar refractivity (Wildman–Crippen MR) is 252 cm³/mol. The molecule has 0 aliphatic rings. The number of rotatable bonds is 48.